The van der Waals surface area contributed by atoms with E-state index in [1.807, 2.05) is 0 Å². The summed E-state index contributed by atoms with van der Waals surface area (Å²) in [7, 11) is -3.07. The highest BCUT2D eigenvalue weighted by Gasteiger charge is 2.29. The van der Waals surface area contributed by atoms with Crippen molar-refractivity contribution in [3.63, 3.8) is 0 Å². The molecular formula is C11H24N2O2S. The van der Waals surface area contributed by atoms with Crippen molar-refractivity contribution in [2.75, 3.05) is 26.2 Å². The average molecular weight is 248 g/mol. The van der Waals surface area contributed by atoms with E-state index >= 15 is 0 Å². The second-order valence-corrected chi connectivity index (χ2v) is 6.87. The molecule has 1 unspecified atom stereocenters. The van der Waals surface area contributed by atoms with Gasteiger partial charge < -0.3 is 5.32 Å². The minimum atomic E-state index is -3.07. The van der Waals surface area contributed by atoms with Crippen LogP contribution in [0.2, 0.25) is 0 Å². The van der Waals surface area contributed by atoms with Crippen LogP contribution in [0.3, 0.4) is 0 Å². The van der Waals surface area contributed by atoms with E-state index < -0.39 is 10.0 Å². The smallest absolute Gasteiger partial charge is 0.217 e. The molecule has 96 valence electrons. The number of hydrogen-bond donors (Lipinski definition) is 1. The molecule has 0 aromatic carbocycles. The third-order valence-corrected chi connectivity index (χ3v) is 5.31. The van der Waals surface area contributed by atoms with Crippen molar-refractivity contribution >= 4 is 10.0 Å². The maximum absolute atomic E-state index is 12.2. The Hall–Kier alpha value is -0.130. The summed E-state index contributed by atoms with van der Waals surface area (Å²) in [5.41, 5.74) is 0. The maximum Gasteiger partial charge on any atom is 0.217 e. The Morgan fingerprint density at radius 3 is 2.44 bits per heavy atom. The predicted octanol–water partition coefficient (Wildman–Crippen LogP) is 1.19. The molecule has 1 N–H and O–H groups in total. The zero-order valence-electron chi connectivity index (χ0n) is 10.4. The van der Waals surface area contributed by atoms with E-state index in [0.717, 1.165) is 32.2 Å². The number of nitrogens with one attached hydrogen (secondary N) is 1. The average Bonchev–Trinajstić information content (AvgIpc) is 2.30. The summed E-state index contributed by atoms with van der Waals surface area (Å²) >= 11 is 0. The lowest BCUT2D eigenvalue weighted by Gasteiger charge is -2.28. The largest absolute Gasteiger partial charge is 0.315 e. The molecule has 1 heterocycles. The van der Waals surface area contributed by atoms with E-state index in [9.17, 15) is 8.42 Å². The third kappa shape index (κ3) is 3.71. The van der Waals surface area contributed by atoms with Crippen LogP contribution < -0.4 is 5.32 Å². The summed E-state index contributed by atoms with van der Waals surface area (Å²) in [4.78, 5) is 0. The summed E-state index contributed by atoms with van der Waals surface area (Å²) in [6.45, 7) is 6.75. The first-order valence-corrected chi connectivity index (χ1v) is 7.79. The standard InChI is InChI=1S/C11H24N2O2S/c1-3-7-12-10-11(2)16(14,15)13-8-5-4-6-9-13/h11-12H,3-10H2,1-2H3. The molecule has 16 heavy (non-hydrogen) atoms. The van der Waals surface area contributed by atoms with Crippen molar-refractivity contribution in [2.24, 2.45) is 0 Å². The third-order valence-electron chi connectivity index (χ3n) is 3.04. The van der Waals surface area contributed by atoms with Gasteiger partial charge in [0.05, 0.1) is 5.25 Å². The van der Waals surface area contributed by atoms with Gasteiger partial charge in [-0.05, 0) is 32.7 Å². The molecule has 0 radical (unpaired) electrons. The Balaban J connectivity index is 2.47. The number of rotatable bonds is 6. The van der Waals surface area contributed by atoms with Gasteiger partial charge in [-0.3, -0.25) is 0 Å². The molecular weight excluding hydrogens is 224 g/mol. The van der Waals surface area contributed by atoms with Crippen LogP contribution in [0.1, 0.15) is 39.5 Å². The van der Waals surface area contributed by atoms with Crippen LogP contribution in [0.5, 0.6) is 0 Å². The van der Waals surface area contributed by atoms with Gasteiger partial charge in [0.1, 0.15) is 0 Å². The molecule has 1 fully saturated rings. The van der Waals surface area contributed by atoms with Crippen LogP contribution in [0.15, 0.2) is 0 Å². The molecule has 1 atom stereocenters. The Morgan fingerprint density at radius 2 is 1.88 bits per heavy atom. The number of sulfonamides is 1. The summed E-state index contributed by atoms with van der Waals surface area (Å²) in [6, 6.07) is 0. The maximum atomic E-state index is 12.2. The van der Waals surface area contributed by atoms with Crippen molar-refractivity contribution in [1.82, 2.24) is 9.62 Å². The van der Waals surface area contributed by atoms with Gasteiger partial charge >= 0.3 is 0 Å². The fourth-order valence-electron chi connectivity index (χ4n) is 1.96. The molecule has 0 aliphatic carbocycles. The molecule has 0 amide bonds. The van der Waals surface area contributed by atoms with Gasteiger partial charge in [0, 0.05) is 19.6 Å². The van der Waals surface area contributed by atoms with E-state index in [0.29, 0.717) is 19.6 Å². The lowest BCUT2D eigenvalue weighted by atomic mass is 10.2. The zero-order chi connectivity index (χ0) is 12.0. The fraction of sp³-hybridized carbons (Fsp3) is 1.00. The minimum Gasteiger partial charge on any atom is -0.315 e. The highest BCUT2D eigenvalue weighted by atomic mass is 32.2. The van der Waals surface area contributed by atoms with Crippen LogP contribution in [0, 0.1) is 0 Å². The molecule has 0 aromatic heterocycles. The number of nitrogens with zero attached hydrogens (tertiary/aromatic N) is 1. The second-order valence-electron chi connectivity index (χ2n) is 4.52. The van der Waals surface area contributed by atoms with Crippen molar-refractivity contribution in [3.8, 4) is 0 Å². The quantitative estimate of drug-likeness (QED) is 0.718. The topological polar surface area (TPSA) is 49.4 Å². The molecule has 1 aliphatic heterocycles. The number of piperidine rings is 1. The monoisotopic (exact) mass is 248 g/mol. The SMILES string of the molecule is CCCNCC(C)S(=O)(=O)N1CCCCC1. The van der Waals surface area contributed by atoms with E-state index in [4.69, 9.17) is 0 Å². The zero-order valence-corrected chi connectivity index (χ0v) is 11.2. The van der Waals surface area contributed by atoms with Gasteiger partial charge in [-0.1, -0.05) is 13.3 Å². The van der Waals surface area contributed by atoms with Crippen LogP contribution in [0.25, 0.3) is 0 Å². The molecule has 1 aliphatic rings. The Morgan fingerprint density at radius 1 is 1.25 bits per heavy atom. The summed E-state index contributed by atoms with van der Waals surface area (Å²) in [6.07, 6.45) is 4.22. The Bertz CT molecular complexity index is 284. The van der Waals surface area contributed by atoms with Crippen molar-refractivity contribution in [2.45, 2.75) is 44.8 Å². The van der Waals surface area contributed by atoms with E-state index in [2.05, 4.69) is 12.2 Å². The van der Waals surface area contributed by atoms with E-state index in [1.165, 1.54) is 0 Å². The van der Waals surface area contributed by atoms with Crippen LogP contribution in [-0.2, 0) is 10.0 Å². The van der Waals surface area contributed by atoms with Gasteiger partial charge in [0.15, 0.2) is 0 Å². The van der Waals surface area contributed by atoms with Gasteiger partial charge in [0.25, 0.3) is 0 Å². The molecule has 1 saturated heterocycles. The molecule has 0 bridgehead atoms. The molecule has 0 saturated carbocycles. The van der Waals surface area contributed by atoms with Gasteiger partial charge in [-0.25, -0.2) is 12.7 Å². The van der Waals surface area contributed by atoms with E-state index in [-0.39, 0.29) is 5.25 Å². The molecule has 5 heteroatoms. The fourth-order valence-corrected chi connectivity index (χ4v) is 3.57. The van der Waals surface area contributed by atoms with Gasteiger partial charge in [-0.15, -0.1) is 0 Å². The highest BCUT2D eigenvalue weighted by Crippen LogP contribution is 2.16. The second kappa shape index (κ2) is 6.57. The molecule has 1 rings (SSSR count). The summed E-state index contributed by atoms with van der Waals surface area (Å²) < 4.78 is 26.0. The minimum absolute atomic E-state index is 0.308. The van der Waals surface area contributed by atoms with Crippen molar-refractivity contribution in [1.29, 1.82) is 0 Å². The molecule has 0 aromatic rings. The van der Waals surface area contributed by atoms with Crippen molar-refractivity contribution in [3.05, 3.63) is 0 Å². The highest BCUT2D eigenvalue weighted by molar-refractivity contribution is 7.89. The normalized spacial score (nSPS) is 20.9. The number of hydrogen-bond acceptors (Lipinski definition) is 3. The van der Waals surface area contributed by atoms with Crippen LogP contribution >= 0.6 is 0 Å². The van der Waals surface area contributed by atoms with Gasteiger partial charge in [0.2, 0.25) is 10.0 Å². The lowest BCUT2D eigenvalue weighted by Crippen LogP contribution is -2.44. The first kappa shape index (κ1) is 13.9. The van der Waals surface area contributed by atoms with E-state index in [1.54, 1.807) is 11.2 Å². The summed E-state index contributed by atoms with van der Waals surface area (Å²) in [5.74, 6) is 0. The first-order chi connectivity index (χ1) is 7.59. The summed E-state index contributed by atoms with van der Waals surface area (Å²) in [5, 5.41) is 2.87. The van der Waals surface area contributed by atoms with Crippen molar-refractivity contribution < 1.29 is 8.42 Å². The van der Waals surface area contributed by atoms with Gasteiger partial charge in [-0.2, -0.15) is 0 Å². The Labute approximate surface area is 99.5 Å². The van der Waals surface area contributed by atoms with Crippen LogP contribution in [0.4, 0.5) is 0 Å². The molecule has 0 spiro atoms. The lowest BCUT2D eigenvalue weighted by molar-refractivity contribution is 0.342. The van der Waals surface area contributed by atoms with Crippen LogP contribution in [-0.4, -0.2) is 44.2 Å². The Kier molecular flexibility index (Phi) is 5.72. The first-order valence-electron chi connectivity index (χ1n) is 6.28. The molecule has 4 nitrogen and oxygen atoms in total. The predicted molar refractivity (Wildman–Crippen MR) is 67.0 cm³/mol.